The lowest BCUT2D eigenvalue weighted by Crippen LogP contribution is -2.32. The Morgan fingerprint density at radius 2 is 2.04 bits per heavy atom. The molecule has 0 aliphatic carbocycles. The van der Waals surface area contributed by atoms with Crippen LogP contribution in [0.25, 0.3) is 5.82 Å². The first-order chi connectivity index (χ1) is 13.1. The van der Waals surface area contributed by atoms with Crippen LogP contribution in [0.5, 0.6) is 5.75 Å². The van der Waals surface area contributed by atoms with Gasteiger partial charge in [0.15, 0.2) is 6.10 Å². The molecule has 1 atom stereocenters. The summed E-state index contributed by atoms with van der Waals surface area (Å²) in [6.07, 6.45) is 6.80. The largest absolute Gasteiger partial charge is 0.480 e. The molecule has 1 aromatic carbocycles. The topological polar surface area (TPSA) is 69.0 Å². The number of imidazole rings is 1. The van der Waals surface area contributed by atoms with Gasteiger partial charge in [0.2, 0.25) is 0 Å². The van der Waals surface area contributed by atoms with Crippen molar-refractivity contribution in [3.8, 4) is 11.6 Å². The van der Waals surface area contributed by atoms with Crippen molar-refractivity contribution in [3.05, 3.63) is 66.9 Å². The summed E-state index contributed by atoms with van der Waals surface area (Å²) in [4.78, 5) is 21.0. The van der Waals surface area contributed by atoms with Gasteiger partial charge in [0, 0.05) is 12.4 Å². The Labute approximate surface area is 159 Å². The normalized spacial score (nSPS) is 12.0. The van der Waals surface area contributed by atoms with Crippen LogP contribution in [-0.4, -0.2) is 26.5 Å². The van der Waals surface area contributed by atoms with E-state index in [1.807, 2.05) is 49.5 Å². The number of carbonyl (C=O) groups excluding carboxylic acids is 1. The zero-order valence-corrected chi connectivity index (χ0v) is 15.8. The van der Waals surface area contributed by atoms with Crippen LogP contribution in [0, 0.1) is 0 Å². The molecule has 3 aromatic rings. The van der Waals surface area contributed by atoms with E-state index in [1.54, 1.807) is 23.3 Å². The molecule has 0 aliphatic heterocycles. The van der Waals surface area contributed by atoms with Gasteiger partial charge >= 0.3 is 0 Å². The van der Waals surface area contributed by atoms with E-state index in [0.717, 1.165) is 17.1 Å². The van der Waals surface area contributed by atoms with Gasteiger partial charge in [-0.3, -0.25) is 9.36 Å². The molecule has 0 radical (unpaired) electrons. The number of ether oxygens (including phenoxy) is 1. The van der Waals surface area contributed by atoms with Crippen LogP contribution in [0.3, 0.4) is 0 Å². The summed E-state index contributed by atoms with van der Waals surface area (Å²) < 4.78 is 7.83. The van der Waals surface area contributed by atoms with Gasteiger partial charge in [-0.25, -0.2) is 9.97 Å². The van der Waals surface area contributed by atoms with Gasteiger partial charge in [-0.2, -0.15) is 0 Å². The highest BCUT2D eigenvalue weighted by molar-refractivity contribution is 5.94. The second-order valence-electron chi connectivity index (χ2n) is 6.57. The SMILES string of the molecule is CCC(Oc1ccccc1C(C)C)C(=O)Nc1ccc(-n2ccnc2)nc1. The van der Waals surface area contributed by atoms with Crippen molar-refractivity contribution >= 4 is 11.6 Å². The van der Waals surface area contributed by atoms with Crippen LogP contribution < -0.4 is 10.1 Å². The number of benzene rings is 1. The Bertz CT molecular complexity index is 873. The second-order valence-corrected chi connectivity index (χ2v) is 6.57. The molecule has 27 heavy (non-hydrogen) atoms. The van der Waals surface area contributed by atoms with Crippen LogP contribution >= 0.6 is 0 Å². The van der Waals surface area contributed by atoms with Crippen LogP contribution in [0.1, 0.15) is 38.7 Å². The lowest BCUT2D eigenvalue weighted by atomic mass is 10.0. The summed E-state index contributed by atoms with van der Waals surface area (Å²) in [5.74, 6) is 1.62. The molecule has 1 unspecified atom stereocenters. The average Bonchev–Trinajstić information content (AvgIpc) is 3.21. The zero-order valence-electron chi connectivity index (χ0n) is 15.8. The van der Waals surface area contributed by atoms with Crippen LogP contribution in [0.4, 0.5) is 5.69 Å². The second kappa shape index (κ2) is 8.49. The molecule has 1 N–H and O–H groups in total. The van der Waals surface area contributed by atoms with Crippen molar-refractivity contribution < 1.29 is 9.53 Å². The fourth-order valence-corrected chi connectivity index (χ4v) is 2.77. The molecule has 6 nitrogen and oxygen atoms in total. The molecule has 0 saturated carbocycles. The Balaban J connectivity index is 1.69. The molecule has 0 fully saturated rings. The summed E-state index contributed by atoms with van der Waals surface area (Å²) in [6, 6.07) is 11.5. The van der Waals surface area contributed by atoms with E-state index in [-0.39, 0.29) is 5.91 Å². The number of amides is 1. The molecule has 2 heterocycles. The minimum Gasteiger partial charge on any atom is -0.480 e. The molecule has 0 spiro atoms. The van der Waals surface area contributed by atoms with Crippen molar-refractivity contribution in [3.63, 3.8) is 0 Å². The first-order valence-corrected chi connectivity index (χ1v) is 9.09. The van der Waals surface area contributed by atoms with E-state index >= 15 is 0 Å². The number of hydrogen-bond donors (Lipinski definition) is 1. The van der Waals surface area contributed by atoms with E-state index in [0.29, 0.717) is 18.0 Å². The lowest BCUT2D eigenvalue weighted by Gasteiger charge is -2.20. The van der Waals surface area contributed by atoms with E-state index in [4.69, 9.17) is 4.74 Å². The van der Waals surface area contributed by atoms with Crippen molar-refractivity contribution in [1.29, 1.82) is 0 Å². The van der Waals surface area contributed by atoms with E-state index in [9.17, 15) is 4.79 Å². The molecule has 1 amide bonds. The number of nitrogens with zero attached hydrogens (tertiary/aromatic N) is 3. The minimum absolute atomic E-state index is 0.187. The van der Waals surface area contributed by atoms with Gasteiger partial charge in [-0.1, -0.05) is 39.0 Å². The average molecular weight is 364 g/mol. The third-order valence-corrected chi connectivity index (χ3v) is 4.26. The standard InChI is InChI=1S/C21H24N4O2/c1-4-18(27-19-8-6-5-7-17(19)15(2)3)21(26)24-16-9-10-20(23-13-16)25-12-11-22-14-25/h5-15,18H,4H2,1-3H3,(H,24,26). The number of para-hydroxylation sites is 1. The van der Waals surface area contributed by atoms with E-state index in [1.165, 1.54) is 0 Å². The smallest absolute Gasteiger partial charge is 0.265 e. The zero-order chi connectivity index (χ0) is 19.2. The minimum atomic E-state index is -0.571. The Kier molecular flexibility index (Phi) is 5.86. The van der Waals surface area contributed by atoms with Gasteiger partial charge < -0.3 is 10.1 Å². The molecule has 0 aliphatic rings. The quantitative estimate of drug-likeness (QED) is 0.683. The maximum Gasteiger partial charge on any atom is 0.265 e. The molecule has 140 valence electrons. The molecule has 3 rings (SSSR count). The van der Waals surface area contributed by atoms with Crippen LogP contribution in [0.15, 0.2) is 61.3 Å². The number of anilines is 1. The molecule has 0 saturated heterocycles. The van der Waals surface area contributed by atoms with Crippen molar-refractivity contribution in [1.82, 2.24) is 14.5 Å². The van der Waals surface area contributed by atoms with Gasteiger partial charge in [0.1, 0.15) is 17.9 Å². The fraction of sp³-hybridized carbons (Fsp3) is 0.286. The predicted octanol–water partition coefficient (Wildman–Crippen LogP) is 4.19. The Morgan fingerprint density at radius 3 is 2.67 bits per heavy atom. The third kappa shape index (κ3) is 4.53. The summed E-state index contributed by atoms with van der Waals surface area (Å²) in [5.41, 5.74) is 1.72. The highest BCUT2D eigenvalue weighted by Gasteiger charge is 2.20. The molecule has 2 aromatic heterocycles. The first kappa shape index (κ1) is 18.6. The van der Waals surface area contributed by atoms with Crippen molar-refractivity contribution in [2.45, 2.75) is 39.2 Å². The van der Waals surface area contributed by atoms with Gasteiger partial charge in [0.25, 0.3) is 5.91 Å². The summed E-state index contributed by atoms with van der Waals surface area (Å²) in [6.45, 7) is 6.15. The van der Waals surface area contributed by atoms with Crippen LogP contribution in [0.2, 0.25) is 0 Å². The highest BCUT2D eigenvalue weighted by Crippen LogP contribution is 2.27. The van der Waals surface area contributed by atoms with Gasteiger partial charge in [-0.15, -0.1) is 0 Å². The number of rotatable bonds is 7. The summed E-state index contributed by atoms with van der Waals surface area (Å²) in [5, 5.41) is 2.88. The highest BCUT2D eigenvalue weighted by atomic mass is 16.5. The van der Waals surface area contributed by atoms with Crippen molar-refractivity contribution in [2.24, 2.45) is 0 Å². The summed E-state index contributed by atoms with van der Waals surface area (Å²) >= 11 is 0. The predicted molar refractivity (Wildman–Crippen MR) is 105 cm³/mol. The fourth-order valence-electron chi connectivity index (χ4n) is 2.77. The molecule has 0 bridgehead atoms. The number of carbonyl (C=O) groups is 1. The van der Waals surface area contributed by atoms with Crippen LogP contribution in [-0.2, 0) is 4.79 Å². The van der Waals surface area contributed by atoms with Crippen molar-refractivity contribution in [2.75, 3.05) is 5.32 Å². The molecule has 6 heteroatoms. The molecular weight excluding hydrogens is 340 g/mol. The number of pyridine rings is 1. The molecular formula is C21H24N4O2. The maximum atomic E-state index is 12.7. The first-order valence-electron chi connectivity index (χ1n) is 9.09. The van der Waals surface area contributed by atoms with E-state index < -0.39 is 6.10 Å². The van der Waals surface area contributed by atoms with Gasteiger partial charge in [0.05, 0.1) is 11.9 Å². The maximum absolute atomic E-state index is 12.7. The number of nitrogens with one attached hydrogen (secondary N) is 1. The third-order valence-electron chi connectivity index (χ3n) is 4.26. The summed E-state index contributed by atoms with van der Waals surface area (Å²) in [7, 11) is 0. The number of aromatic nitrogens is 3. The Morgan fingerprint density at radius 1 is 1.22 bits per heavy atom. The Hall–Kier alpha value is -3.15. The monoisotopic (exact) mass is 364 g/mol. The van der Waals surface area contributed by atoms with Gasteiger partial charge in [-0.05, 0) is 36.1 Å². The number of hydrogen-bond acceptors (Lipinski definition) is 4. The lowest BCUT2D eigenvalue weighted by molar-refractivity contribution is -0.122. The van der Waals surface area contributed by atoms with E-state index in [2.05, 4.69) is 29.1 Å².